The lowest BCUT2D eigenvalue weighted by atomic mass is 9.87. The molecule has 1 atom stereocenters. The van der Waals surface area contributed by atoms with Crippen LogP contribution in [0.5, 0.6) is 0 Å². The number of nitrogens with zero attached hydrogens (tertiary/aromatic N) is 2. The van der Waals surface area contributed by atoms with Crippen molar-refractivity contribution < 1.29 is 14.4 Å². The van der Waals surface area contributed by atoms with E-state index in [9.17, 15) is 4.79 Å². The standard InChI is InChI=1S/C13H14N2O3/c1-8(13(16)17)9-6-15(7-9)12-10-4-2-3-5-11(10)18-14-12/h2-5,8-9H,6-7H2,1H3,(H,16,17). The van der Waals surface area contributed by atoms with E-state index >= 15 is 0 Å². The summed E-state index contributed by atoms with van der Waals surface area (Å²) in [4.78, 5) is 13.0. The maximum Gasteiger partial charge on any atom is 0.306 e. The van der Waals surface area contributed by atoms with Gasteiger partial charge in [-0.25, -0.2) is 0 Å². The summed E-state index contributed by atoms with van der Waals surface area (Å²) < 4.78 is 5.24. The van der Waals surface area contributed by atoms with Gasteiger partial charge in [0.05, 0.1) is 11.3 Å². The van der Waals surface area contributed by atoms with E-state index < -0.39 is 5.97 Å². The van der Waals surface area contributed by atoms with Crippen LogP contribution in [0.3, 0.4) is 0 Å². The fourth-order valence-electron chi connectivity index (χ4n) is 2.30. The Hall–Kier alpha value is -2.04. The van der Waals surface area contributed by atoms with Gasteiger partial charge in [0.2, 0.25) is 0 Å². The molecule has 0 amide bonds. The van der Waals surface area contributed by atoms with Gasteiger partial charge in [0.15, 0.2) is 11.4 Å². The maximum absolute atomic E-state index is 10.9. The zero-order chi connectivity index (χ0) is 12.7. The second-order valence-corrected chi connectivity index (χ2v) is 4.79. The van der Waals surface area contributed by atoms with E-state index in [1.165, 1.54) is 0 Å². The van der Waals surface area contributed by atoms with Crippen molar-refractivity contribution in [2.24, 2.45) is 11.8 Å². The van der Waals surface area contributed by atoms with E-state index in [1.807, 2.05) is 24.3 Å². The van der Waals surface area contributed by atoms with Crippen LogP contribution in [0.2, 0.25) is 0 Å². The highest BCUT2D eigenvalue weighted by molar-refractivity contribution is 5.88. The Kier molecular flexibility index (Phi) is 2.47. The first kappa shape index (κ1) is 11.1. The van der Waals surface area contributed by atoms with E-state index in [2.05, 4.69) is 10.1 Å². The molecule has 1 unspecified atom stereocenters. The summed E-state index contributed by atoms with van der Waals surface area (Å²) in [6.07, 6.45) is 0. The fourth-order valence-corrected chi connectivity index (χ4v) is 2.30. The molecular weight excluding hydrogens is 232 g/mol. The summed E-state index contributed by atoms with van der Waals surface area (Å²) in [7, 11) is 0. The van der Waals surface area contributed by atoms with Gasteiger partial charge < -0.3 is 14.5 Å². The lowest BCUT2D eigenvalue weighted by Gasteiger charge is -2.41. The molecule has 18 heavy (non-hydrogen) atoms. The van der Waals surface area contributed by atoms with Gasteiger partial charge in [0.25, 0.3) is 0 Å². The molecule has 1 N–H and O–H groups in total. The molecule has 2 aromatic rings. The number of para-hydroxylation sites is 1. The number of aliphatic carboxylic acids is 1. The third kappa shape index (κ3) is 1.63. The molecule has 94 valence electrons. The summed E-state index contributed by atoms with van der Waals surface area (Å²) in [5, 5.41) is 14.0. The molecule has 2 heterocycles. The van der Waals surface area contributed by atoms with Crippen molar-refractivity contribution in [2.45, 2.75) is 6.92 Å². The second kappa shape index (κ2) is 4.01. The number of aromatic nitrogens is 1. The van der Waals surface area contributed by atoms with Crippen LogP contribution in [-0.4, -0.2) is 29.3 Å². The van der Waals surface area contributed by atoms with Crippen molar-refractivity contribution in [3.63, 3.8) is 0 Å². The minimum absolute atomic E-state index is 0.193. The van der Waals surface area contributed by atoms with E-state index in [1.54, 1.807) is 6.92 Å². The molecule has 0 bridgehead atoms. The summed E-state index contributed by atoms with van der Waals surface area (Å²) in [6.45, 7) is 3.21. The molecule has 1 aromatic heterocycles. The van der Waals surface area contributed by atoms with Gasteiger partial charge in [-0.2, -0.15) is 0 Å². The molecule has 0 saturated carbocycles. The smallest absolute Gasteiger partial charge is 0.306 e. The number of anilines is 1. The number of benzene rings is 1. The molecule has 5 nitrogen and oxygen atoms in total. The van der Waals surface area contributed by atoms with Crippen molar-refractivity contribution in [3.8, 4) is 0 Å². The Labute approximate surface area is 104 Å². The number of fused-ring (bicyclic) bond motifs is 1. The lowest BCUT2D eigenvalue weighted by Crippen LogP contribution is -2.51. The molecule has 5 heteroatoms. The Morgan fingerprint density at radius 3 is 2.94 bits per heavy atom. The van der Waals surface area contributed by atoms with Crippen molar-refractivity contribution in [3.05, 3.63) is 24.3 Å². The topological polar surface area (TPSA) is 66.6 Å². The SMILES string of the molecule is CC(C(=O)O)C1CN(c2noc3ccccc23)C1. The molecule has 1 aromatic carbocycles. The average Bonchev–Trinajstić information content (AvgIpc) is 2.71. The first-order valence-corrected chi connectivity index (χ1v) is 5.99. The van der Waals surface area contributed by atoms with Gasteiger partial charge >= 0.3 is 5.97 Å². The quantitative estimate of drug-likeness (QED) is 0.897. The van der Waals surface area contributed by atoms with Gasteiger partial charge in [0, 0.05) is 19.0 Å². The molecule has 3 rings (SSSR count). The number of carbonyl (C=O) groups is 1. The van der Waals surface area contributed by atoms with E-state index in [0.717, 1.165) is 29.9 Å². The highest BCUT2D eigenvalue weighted by Gasteiger charge is 2.36. The van der Waals surface area contributed by atoms with Crippen molar-refractivity contribution in [2.75, 3.05) is 18.0 Å². The Morgan fingerprint density at radius 1 is 1.50 bits per heavy atom. The van der Waals surface area contributed by atoms with Crippen LogP contribution in [0.15, 0.2) is 28.8 Å². The van der Waals surface area contributed by atoms with Crippen LogP contribution in [0, 0.1) is 11.8 Å². The maximum atomic E-state index is 10.9. The first-order chi connectivity index (χ1) is 8.66. The predicted molar refractivity (Wildman–Crippen MR) is 66.5 cm³/mol. The van der Waals surface area contributed by atoms with Crippen LogP contribution < -0.4 is 4.90 Å². The average molecular weight is 246 g/mol. The molecule has 1 aliphatic heterocycles. The highest BCUT2D eigenvalue weighted by atomic mass is 16.5. The molecule has 1 aliphatic rings. The summed E-state index contributed by atoms with van der Waals surface area (Å²) in [6, 6.07) is 7.70. The molecule has 0 aliphatic carbocycles. The summed E-state index contributed by atoms with van der Waals surface area (Å²) in [5.74, 6) is -0.0264. The number of hydrogen-bond donors (Lipinski definition) is 1. The van der Waals surface area contributed by atoms with Gasteiger partial charge in [0.1, 0.15) is 0 Å². The number of carboxylic acids is 1. The van der Waals surface area contributed by atoms with E-state index in [-0.39, 0.29) is 11.8 Å². The van der Waals surface area contributed by atoms with Gasteiger partial charge in [-0.3, -0.25) is 4.79 Å². The van der Waals surface area contributed by atoms with Gasteiger partial charge in [-0.1, -0.05) is 24.2 Å². The van der Waals surface area contributed by atoms with E-state index in [0.29, 0.717) is 0 Å². The zero-order valence-electron chi connectivity index (χ0n) is 10.0. The first-order valence-electron chi connectivity index (χ1n) is 5.99. The van der Waals surface area contributed by atoms with Crippen LogP contribution in [-0.2, 0) is 4.79 Å². The Balaban J connectivity index is 1.77. The Bertz CT molecular complexity index is 587. The largest absolute Gasteiger partial charge is 0.481 e. The lowest BCUT2D eigenvalue weighted by molar-refractivity contribution is -0.143. The molecule has 1 saturated heterocycles. The number of hydrogen-bond acceptors (Lipinski definition) is 4. The molecule has 0 radical (unpaired) electrons. The number of rotatable bonds is 3. The monoisotopic (exact) mass is 246 g/mol. The zero-order valence-corrected chi connectivity index (χ0v) is 10.0. The van der Waals surface area contributed by atoms with Crippen LogP contribution in [0.25, 0.3) is 11.0 Å². The van der Waals surface area contributed by atoms with Gasteiger partial charge in [-0.05, 0) is 12.1 Å². The van der Waals surface area contributed by atoms with E-state index in [4.69, 9.17) is 9.63 Å². The van der Waals surface area contributed by atoms with Crippen LogP contribution in [0.4, 0.5) is 5.82 Å². The summed E-state index contributed by atoms with van der Waals surface area (Å²) in [5.41, 5.74) is 0.766. The van der Waals surface area contributed by atoms with Gasteiger partial charge in [-0.15, -0.1) is 0 Å². The summed E-state index contributed by atoms with van der Waals surface area (Å²) >= 11 is 0. The normalized spacial score (nSPS) is 17.7. The Morgan fingerprint density at radius 2 is 2.22 bits per heavy atom. The van der Waals surface area contributed by atoms with Crippen LogP contribution in [0.1, 0.15) is 6.92 Å². The minimum Gasteiger partial charge on any atom is -0.481 e. The minimum atomic E-state index is -0.732. The second-order valence-electron chi connectivity index (χ2n) is 4.79. The highest BCUT2D eigenvalue weighted by Crippen LogP contribution is 2.33. The van der Waals surface area contributed by atoms with Crippen molar-refractivity contribution in [1.82, 2.24) is 5.16 Å². The fraction of sp³-hybridized carbons (Fsp3) is 0.385. The molecule has 1 fully saturated rings. The third-order valence-corrected chi connectivity index (χ3v) is 3.66. The molecule has 0 spiro atoms. The van der Waals surface area contributed by atoms with Crippen molar-refractivity contribution >= 4 is 22.8 Å². The van der Waals surface area contributed by atoms with Crippen molar-refractivity contribution in [1.29, 1.82) is 0 Å². The van der Waals surface area contributed by atoms with Crippen LogP contribution >= 0.6 is 0 Å². The predicted octanol–water partition coefficient (Wildman–Crippen LogP) is 1.98. The molecular formula is C13H14N2O3. The third-order valence-electron chi connectivity index (χ3n) is 3.66. The number of carboxylic acid groups (broad SMARTS) is 1.